The molecule has 0 spiro atoms. The molecule has 0 atom stereocenters. The van der Waals surface area contributed by atoms with Gasteiger partial charge in [-0.2, -0.15) is 0 Å². The lowest BCUT2D eigenvalue weighted by Gasteiger charge is -2.22. The van der Waals surface area contributed by atoms with E-state index in [1.807, 2.05) is 0 Å². The molecule has 1 aromatic rings. The first-order chi connectivity index (χ1) is 10.0. The highest BCUT2D eigenvalue weighted by atomic mass is 16.4. The lowest BCUT2D eigenvalue weighted by molar-refractivity contribution is -0.135. The highest BCUT2D eigenvalue weighted by Gasteiger charge is 2.24. The topological polar surface area (TPSA) is 98.7 Å². The van der Waals surface area contributed by atoms with Crippen molar-refractivity contribution >= 4 is 23.6 Å². The molecular weight excluding hydrogens is 274 g/mol. The minimum absolute atomic E-state index is 0.155. The maximum atomic E-state index is 11.8. The third-order valence-electron chi connectivity index (χ3n) is 2.95. The fraction of sp³-hybridized carbons (Fsp3) is 0.357. The molecule has 0 aromatic heterocycles. The van der Waals surface area contributed by atoms with E-state index in [4.69, 9.17) is 5.11 Å². The monoisotopic (exact) mass is 291 g/mol. The number of hydrogen-bond donors (Lipinski definition) is 3. The molecule has 1 aliphatic rings. The van der Waals surface area contributed by atoms with E-state index in [0.717, 1.165) is 12.8 Å². The number of nitrogens with zero attached hydrogens (tertiary/aromatic N) is 1. The van der Waals surface area contributed by atoms with Crippen LogP contribution in [-0.4, -0.2) is 42.1 Å². The second kappa shape index (κ2) is 6.74. The van der Waals surface area contributed by atoms with Crippen molar-refractivity contribution in [1.82, 2.24) is 10.6 Å². The molecule has 1 fully saturated rings. The summed E-state index contributed by atoms with van der Waals surface area (Å²) < 4.78 is 0. The Hall–Kier alpha value is -2.57. The van der Waals surface area contributed by atoms with Crippen LogP contribution in [0, 0.1) is 0 Å². The summed E-state index contributed by atoms with van der Waals surface area (Å²) in [5.74, 6) is -1.59. The number of para-hydroxylation sites is 1. The third-order valence-corrected chi connectivity index (χ3v) is 2.95. The average molecular weight is 291 g/mol. The Balaban J connectivity index is 1.92. The van der Waals surface area contributed by atoms with Crippen LogP contribution in [0.5, 0.6) is 0 Å². The van der Waals surface area contributed by atoms with Crippen LogP contribution >= 0.6 is 0 Å². The molecule has 0 bridgehead atoms. The molecule has 7 heteroatoms. The van der Waals surface area contributed by atoms with Crippen LogP contribution in [0.2, 0.25) is 0 Å². The average Bonchev–Trinajstić information content (AvgIpc) is 3.22. The number of rotatable bonds is 6. The molecule has 21 heavy (non-hydrogen) atoms. The van der Waals surface area contributed by atoms with Crippen molar-refractivity contribution in [3.05, 3.63) is 30.3 Å². The molecule has 0 saturated heterocycles. The number of carbonyl (C=O) groups excluding carboxylic acids is 2. The van der Waals surface area contributed by atoms with E-state index in [9.17, 15) is 14.4 Å². The Kier molecular flexibility index (Phi) is 4.76. The largest absolute Gasteiger partial charge is 0.480 e. The Bertz CT molecular complexity index is 528. The van der Waals surface area contributed by atoms with E-state index < -0.39 is 17.9 Å². The van der Waals surface area contributed by atoms with Crippen molar-refractivity contribution in [2.45, 2.75) is 18.9 Å². The Morgan fingerprint density at radius 2 is 1.81 bits per heavy atom. The van der Waals surface area contributed by atoms with Crippen LogP contribution in [0.15, 0.2) is 30.3 Å². The second-order valence-corrected chi connectivity index (χ2v) is 4.88. The van der Waals surface area contributed by atoms with Crippen LogP contribution in [-0.2, 0) is 9.59 Å². The van der Waals surface area contributed by atoms with Crippen LogP contribution in [0.25, 0.3) is 0 Å². The number of nitrogens with one attached hydrogen (secondary N) is 2. The van der Waals surface area contributed by atoms with Gasteiger partial charge in [-0.15, -0.1) is 0 Å². The third kappa shape index (κ3) is 5.13. The van der Waals surface area contributed by atoms with Crippen molar-refractivity contribution in [3.8, 4) is 0 Å². The van der Waals surface area contributed by atoms with Crippen LogP contribution in [0.1, 0.15) is 12.8 Å². The van der Waals surface area contributed by atoms with Crippen molar-refractivity contribution in [2.24, 2.45) is 0 Å². The zero-order valence-electron chi connectivity index (χ0n) is 11.4. The number of carbonyl (C=O) groups is 3. The zero-order chi connectivity index (χ0) is 15.2. The van der Waals surface area contributed by atoms with Gasteiger partial charge < -0.3 is 15.3 Å². The number of aliphatic carboxylic acids is 1. The molecule has 0 heterocycles. The first-order valence-electron chi connectivity index (χ1n) is 6.67. The summed E-state index contributed by atoms with van der Waals surface area (Å²) in [6.45, 7) is -0.518. The van der Waals surface area contributed by atoms with E-state index in [0.29, 0.717) is 5.69 Å². The highest BCUT2D eigenvalue weighted by Crippen LogP contribution is 2.18. The molecule has 1 aliphatic carbocycles. The summed E-state index contributed by atoms with van der Waals surface area (Å²) in [5, 5.41) is 13.7. The highest BCUT2D eigenvalue weighted by molar-refractivity contribution is 5.97. The SMILES string of the molecule is O=C(O)CN(CC(=O)NC(=O)NC1CC1)c1ccccc1. The Morgan fingerprint density at radius 3 is 2.38 bits per heavy atom. The summed E-state index contributed by atoms with van der Waals surface area (Å²) in [6, 6.07) is 8.34. The van der Waals surface area contributed by atoms with Gasteiger partial charge in [0.25, 0.3) is 0 Å². The summed E-state index contributed by atoms with van der Waals surface area (Å²) in [6.07, 6.45) is 1.85. The van der Waals surface area contributed by atoms with Crippen molar-refractivity contribution in [2.75, 3.05) is 18.0 Å². The quantitative estimate of drug-likeness (QED) is 0.711. The molecule has 1 saturated carbocycles. The van der Waals surface area contributed by atoms with Crippen molar-refractivity contribution in [3.63, 3.8) is 0 Å². The number of anilines is 1. The van der Waals surface area contributed by atoms with Crippen LogP contribution in [0.4, 0.5) is 10.5 Å². The minimum atomic E-state index is -1.05. The molecule has 3 amide bonds. The predicted molar refractivity (Wildman–Crippen MR) is 76.0 cm³/mol. The van der Waals surface area contributed by atoms with E-state index in [2.05, 4.69) is 10.6 Å². The van der Waals surface area contributed by atoms with Crippen molar-refractivity contribution < 1.29 is 19.5 Å². The fourth-order valence-corrected chi connectivity index (χ4v) is 1.83. The van der Waals surface area contributed by atoms with Gasteiger partial charge in [0.1, 0.15) is 6.54 Å². The summed E-state index contributed by atoms with van der Waals surface area (Å²) >= 11 is 0. The first-order valence-corrected chi connectivity index (χ1v) is 6.67. The zero-order valence-corrected chi connectivity index (χ0v) is 11.4. The van der Waals surface area contributed by atoms with Crippen LogP contribution in [0.3, 0.4) is 0 Å². The molecule has 2 rings (SSSR count). The number of amides is 3. The van der Waals surface area contributed by atoms with Gasteiger partial charge in [0.05, 0.1) is 6.54 Å². The molecule has 7 nitrogen and oxygen atoms in total. The number of carboxylic acid groups (broad SMARTS) is 1. The number of carboxylic acids is 1. The van der Waals surface area contributed by atoms with Gasteiger partial charge >= 0.3 is 12.0 Å². The second-order valence-electron chi connectivity index (χ2n) is 4.88. The van der Waals surface area contributed by atoms with Gasteiger partial charge in [-0.05, 0) is 25.0 Å². The normalized spacial score (nSPS) is 13.3. The molecule has 112 valence electrons. The van der Waals surface area contributed by atoms with Gasteiger partial charge in [0.2, 0.25) is 5.91 Å². The lowest BCUT2D eigenvalue weighted by atomic mass is 10.3. The van der Waals surface area contributed by atoms with Crippen LogP contribution < -0.4 is 15.5 Å². The van der Waals surface area contributed by atoms with Crippen molar-refractivity contribution in [1.29, 1.82) is 0 Å². The Labute approximate surface area is 121 Å². The van der Waals surface area contributed by atoms with Gasteiger partial charge in [-0.25, -0.2) is 4.79 Å². The molecule has 3 N–H and O–H groups in total. The number of urea groups is 1. The minimum Gasteiger partial charge on any atom is -0.480 e. The van der Waals surface area contributed by atoms with E-state index in [-0.39, 0.29) is 19.1 Å². The number of hydrogen-bond acceptors (Lipinski definition) is 4. The summed E-state index contributed by atoms with van der Waals surface area (Å²) in [4.78, 5) is 35.6. The van der Waals surface area contributed by atoms with E-state index in [1.165, 1.54) is 4.90 Å². The first kappa shape index (κ1) is 14.8. The summed E-state index contributed by atoms with van der Waals surface area (Å²) in [5.41, 5.74) is 0.609. The smallest absolute Gasteiger partial charge is 0.323 e. The Morgan fingerprint density at radius 1 is 1.14 bits per heavy atom. The van der Waals surface area contributed by atoms with Gasteiger partial charge in [0, 0.05) is 11.7 Å². The lowest BCUT2D eigenvalue weighted by Crippen LogP contribution is -2.46. The maximum absolute atomic E-state index is 11.8. The molecule has 1 aromatic carbocycles. The molecule has 0 unspecified atom stereocenters. The standard InChI is InChI=1S/C14H17N3O4/c18-12(16-14(21)15-10-6-7-10)8-17(9-13(19)20)11-4-2-1-3-5-11/h1-5,10H,6-9H2,(H,19,20)(H2,15,16,18,21). The fourth-order valence-electron chi connectivity index (χ4n) is 1.83. The van der Waals surface area contributed by atoms with E-state index >= 15 is 0 Å². The molecular formula is C14H17N3O4. The summed E-state index contributed by atoms with van der Waals surface area (Å²) in [7, 11) is 0. The van der Waals surface area contributed by atoms with Gasteiger partial charge in [0.15, 0.2) is 0 Å². The van der Waals surface area contributed by atoms with Gasteiger partial charge in [-0.3, -0.25) is 14.9 Å². The molecule has 0 aliphatic heterocycles. The number of imide groups is 1. The molecule has 0 radical (unpaired) electrons. The van der Waals surface area contributed by atoms with Gasteiger partial charge in [-0.1, -0.05) is 18.2 Å². The predicted octanol–water partition coefficient (Wildman–Crippen LogP) is 0.566. The maximum Gasteiger partial charge on any atom is 0.323 e. The van der Waals surface area contributed by atoms with E-state index in [1.54, 1.807) is 30.3 Å². The number of benzene rings is 1.